The van der Waals surface area contributed by atoms with Gasteiger partial charge >= 0.3 is 0 Å². The number of rotatable bonds is 5. The molecule has 1 aromatic rings. The van der Waals surface area contributed by atoms with Gasteiger partial charge in [0.25, 0.3) is 0 Å². The lowest BCUT2D eigenvalue weighted by Gasteiger charge is -2.02. The van der Waals surface area contributed by atoms with Crippen molar-refractivity contribution < 1.29 is 0 Å². The molecule has 1 aromatic carbocycles. The van der Waals surface area contributed by atoms with Crippen LogP contribution in [0, 0.1) is 0 Å². The molecule has 1 rings (SSSR count). The molecule has 0 aliphatic carbocycles. The average Bonchev–Trinajstić information content (AvgIpc) is 2.38. The SMILES string of the molecule is C=C(/C=C\C=C(/C)c1ccc(CC)cc1)CC. The molecule has 0 fully saturated rings. The van der Waals surface area contributed by atoms with Crippen LogP contribution in [0.1, 0.15) is 38.3 Å². The van der Waals surface area contributed by atoms with Crippen LogP contribution in [-0.4, -0.2) is 0 Å². The Balaban J connectivity index is 2.74. The average molecular weight is 226 g/mol. The molecule has 0 nitrogen and oxygen atoms in total. The van der Waals surface area contributed by atoms with Crippen LogP contribution >= 0.6 is 0 Å². The molecular formula is C17H22. The quantitative estimate of drug-likeness (QED) is 0.607. The normalized spacial score (nSPS) is 12.1. The number of hydrogen-bond acceptors (Lipinski definition) is 0. The number of benzene rings is 1. The summed E-state index contributed by atoms with van der Waals surface area (Å²) >= 11 is 0. The van der Waals surface area contributed by atoms with Crippen LogP contribution < -0.4 is 0 Å². The van der Waals surface area contributed by atoms with Crippen molar-refractivity contribution in [3.63, 3.8) is 0 Å². The molecule has 0 aromatic heterocycles. The minimum absolute atomic E-state index is 1.01. The van der Waals surface area contributed by atoms with Crippen molar-refractivity contribution in [2.45, 2.75) is 33.6 Å². The van der Waals surface area contributed by atoms with Crippen LogP contribution in [0.2, 0.25) is 0 Å². The van der Waals surface area contributed by atoms with E-state index in [4.69, 9.17) is 0 Å². The third-order valence-corrected chi connectivity index (χ3v) is 2.95. The third-order valence-electron chi connectivity index (χ3n) is 2.95. The maximum atomic E-state index is 3.95. The monoisotopic (exact) mass is 226 g/mol. The van der Waals surface area contributed by atoms with Gasteiger partial charge in [-0.1, -0.05) is 68.5 Å². The number of aryl methyl sites for hydroxylation is 1. The van der Waals surface area contributed by atoms with Gasteiger partial charge < -0.3 is 0 Å². The van der Waals surface area contributed by atoms with Crippen LogP contribution in [0.4, 0.5) is 0 Å². The molecule has 0 saturated heterocycles. The van der Waals surface area contributed by atoms with E-state index < -0.39 is 0 Å². The maximum absolute atomic E-state index is 3.95. The zero-order valence-corrected chi connectivity index (χ0v) is 11.2. The Morgan fingerprint density at radius 2 is 1.82 bits per heavy atom. The van der Waals surface area contributed by atoms with Gasteiger partial charge in [0.05, 0.1) is 0 Å². The molecule has 0 spiro atoms. The van der Waals surface area contributed by atoms with Gasteiger partial charge in [0.1, 0.15) is 0 Å². The first-order chi connectivity index (χ1) is 8.17. The highest BCUT2D eigenvalue weighted by Gasteiger charge is 1.94. The standard InChI is InChI=1S/C17H22/c1-5-14(3)8-7-9-15(4)17-12-10-16(6-2)11-13-17/h7-13H,3,5-6H2,1-2,4H3/b8-7-,15-9+. The molecule has 0 heterocycles. The molecular weight excluding hydrogens is 204 g/mol. The summed E-state index contributed by atoms with van der Waals surface area (Å²) in [5.41, 5.74) is 5.12. The second-order valence-electron chi connectivity index (χ2n) is 4.27. The van der Waals surface area contributed by atoms with Gasteiger partial charge in [-0.05, 0) is 36.5 Å². The fourth-order valence-corrected chi connectivity index (χ4v) is 1.55. The van der Waals surface area contributed by atoms with E-state index in [0.717, 1.165) is 18.4 Å². The first kappa shape index (κ1) is 13.5. The van der Waals surface area contributed by atoms with Gasteiger partial charge in [-0.25, -0.2) is 0 Å². The summed E-state index contributed by atoms with van der Waals surface area (Å²) in [6.45, 7) is 10.4. The Kier molecular flexibility index (Phi) is 5.48. The molecule has 0 aliphatic rings. The molecule has 0 amide bonds. The van der Waals surface area contributed by atoms with Gasteiger partial charge in [-0.2, -0.15) is 0 Å². The Bertz CT molecular complexity index is 416. The van der Waals surface area contributed by atoms with E-state index in [1.807, 2.05) is 0 Å². The van der Waals surface area contributed by atoms with Gasteiger partial charge in [-0.3, -0.25) is 0 Å². The highest BCUT2D eigenvalue weighted by molar-refractivity contribution is 5.65. The highest BCUT2D eigenvalue weighted by Crippen LogP contribution is 2.15. The van der Waals surface area contributed by atoms with Crippen LogP contribution in [0.25, 0.3) is 5.57 Å². The summed E-state index contributed by atoms with van der Waals surface area (Å²) in [5, 5.41) is 0. The molecule has 0 bridgehead atoms. The van der Waals surface area contributed by atoms with Crippen molar-refractivity contribution in [1.29, 1.82) is 0 Å². The van der Waals surface area contributed by atoms with Crippen LogP contribution in [-0.2, 0) is 6.42 Å². The Morgan fingerprint density at radius 1 is 1.18 bits per heavy atom. The van der Waals surface area contributed by atoms with E-state index in [9.17, 15) is 0 Å². The summed E-state index contributed by atoms with van der Waals surface area (Å²) in [5.74, 6) is 0. The van der Waals surface area contributed by atoms with Gasteiger partial charge in [0.2, 0.25) is 0 Å². The molecule has 0 unspecified atom stereocenters. The minimum atomic E-state index is 1.01. The van der Waals surface area contributed by atoms with Crippen molar-refractivity contribution in [2.75, 3.05) is 0 Å². The summed E-state index contributed by atoms with van der Waals surface area (Å²) in [7, 11) is 0. The van der Waals surface area contributed by atoms with E-state index in [2.05, 4.69) is 69.8 Å². The van der Waals surface area contributed by atoms with E-state index in [1.165, 1.54) is 16.7 Å². The molecule has 0 saturated carbocycles. The highest BCUT2D eigenvalue weighted by atomic mass is 14.0. The summed E-state index contributed by atoms with van der Waals surface area (Å²) in [6, 6.07) is 8.77. The third kappa shape index (κ3) is 4.44. The van der Waals surface area contributed by atoms with Gasteiger partial charge in [-0.15, -0.1) is 0 Å². The summed E-state index contributed by atoms with van der Waals surface area (Å²) in [4.78, 5) is 0. The second kappa shape index (κ2) is 6.90. The lowest BCUT2D eigenvalue weighted by molar-refractivity contribution is 1.14. The summed E-state index contributed by atoms with van der Waals surface area (Å²) in [6.07, 6.45) is 8.40. The molecule has 0 aliphatic heterocycles. The van der Waals surface area contributed by atoms with Crippen LogP contribution in [0.3, 0.4) is 0 Å². The van der Waals surface area contributed by atoms with Gasteiger partial charge in [0, 0.05) is 0 Å². The van der Waals surface area contributed by atoms with Crippen molar-refractivity contribution in [3.05, 3.63) is 65.8 Å². The van der Waals surface area contributed by atoms with Crippen LogP contribution in [0.5, 0.6) is 0 Å². The second-order valence-corrected chi connectivity index (χ2v) is 4.27. The molecule has 0 radical (unpaired) electrons. The fourth-order valence-electron chi connectivity index (χ4n) is 1.55. The Labute approximate surface area is 105 Å². The zero-order valence-electron chi connectivity index (χ0n) is 11.2. The molecule has 17 heavy (non-hydrogen) atoms. The van der Waals surface area contributed by atoms with E-state index in [1.54, 1.807) is 0 Å². The predicted octanol–water partition coefficient (Wildman–Crippen LogP) is 5.17. The van der Waals surface area contributed by atoms with E-state index in [0.29, 0.717) is 0 Å². The smallest absolute Gasteiger partial charge is 0.0227 e. The Hall–Kier alpha value is -1.56. The zero-order chi connectivity index (χ0) is 12.7. The van der Waals surface area contributed by atoms with Crippen molar-refractivity contribution in [1.82, 2.24) is 0 Å². The first-order valence-electron chi connectivity index (χ1n) is 6.29. The Morgan fingerprint density at radius 3 is 2.35 bits per heavy atom. The summed E-state index contributed by atoms with van der Waals surface area (Å²) < 4.78 is 0. The lowest BCUT2D eigenvalue weighted by Crippen LogP contribution is -1.82. The first-order valence-corrected chi connectivity index (χ1v) is 6.29. The predicted molar refractivity (Wildman–Crippen MR) is 78.0 cm³/mol. The van der Waals surface area contributed by atoms with Crippen molar-refractivity contribution in [3.8, 4) is 0 Å². The van der Waals surface area contributed by atoms with Crippen molar-refractivity contribution >= 4 is 5.57 Å². The molecule has 90 valence electrons. The van der Waals surface area contributed by atoms with E-state index in [-0.39, 0.29) is 0 Å². The largest absolute Gasteiger partial charge is 0.0958 e. The number of hydrogen-bond donors (Lipinski definition) is 0. The topological polar surface area (TPSA) is 0 Å². The van der Waals surface area contributed by atoms with Gasteiger partial charge in [0.15, 0.2) is 0 Å². The fraction of sp³-hybridized carbons (Fsp3) is 0.294. The van der Waals surface area contributed by atoms with Crippen molar-refractivity contribution in [2.24, 2.45) is 0 Å². The molecule has 0 atom stereocenters. The number of allylic oxidation sites excluding steroid dienone is 5. The molecule has 0 N–H and O–H groups in total. The molecule has 0 heteroatoms. The van der Waals surface area contributed by atoms with E-state index >= 15 is 0 Å². The minimum Gasteiger partial charge on any atom is -0.0958 e. The lowest BCUT2D eigenvalue weighted by atomic mass is 10.0. The maximum Gasteiger partial charge on any atom is -0.0227 e. The van der Waals surface area contributed by atoms with Crippen LogP contribution in [0.15, 0.2) is 54.6 Å².